The number of benzene rings is 2. The third kappa shape index (κ3) is 6.12. The minimum absolute atomic E-state index is 0.360. The van der Waals surface area contributed by atoms with E-state index in [-0.39, 0.29) is 0 Å². The molecule has 4 heteroatoms. The van der Waals surface area contributed by atoms with Crippen LogP contribution in [0.3, 0.4) is 0 Å². The molecule has 0 saturated carbocycles. The number of hydrogen-bond donors (Lipinski definition) is 0. The van der Waals surface area contributed by atoms with Gasteiger partial charge in [0, 0.05) is 11.4 Å². The van der Waals surface area contributed by atoms with Gasteiger partial charge >= 0.3 is 0 Å². The molecule has 1 unspecified atom stereocenters. The van der Waals surface area contributed by atoms with Gasteiger partial charge in [-0.25, -0.2) is 0 Å². The first-order valence-corrected chi connectivity index (χ1v) is 12.3. The van der Waals surface area contributed by atoms with Crippen molar-refractivity contribution in [3.63, 3.8) is 0 Å². The van der Waals surface area contributed by atoms with E-state index in [2.05, 4.69) is 61.2 Å². The Morgan fingerprint density at radius 3 is 2.30 bits per heavy atom. The van der Waals surface area contributed by atoms with Crippen molar-refractivity contribution in [2.75, 3.05) is 7.11 Å². The van der Waals surface area contributed by atoms with Gasteiger partial charge in [0.1, 0.15) is 10.1 Å². The molecule has 1 saturated heterocycles. The summed E-state index contributed by atoms with van der Waals surface area (Å²) in [6, 6.07) is 17.7. The van der Waals surface area contributed by atoms with Crippen LogP contribution in [0.5, 0.6) is 5.75 Å². The average Bonchev–Trinajstić information content (AvgIpc) is 3.04. The molecule has 2 aromatic rings. The number of nitrogens with zero attached hydrogens (tertiary/aromatic N) is 1. The third-order valence-electron chi connectivity index (χ3n) is 5.58. The lowest BCUT2D eigenvalue weighted by Crippen LogP contribution is -2.31. The summed E-state index contributed by atoms with van der Waals surface area (Å²) in [5.74, 6) is 0.890. The Kier molecular flexibility index (Phi) is 8.83. The number of ether oxygens (including phenoxy) is 1. The van der Waals surface area contributed by atoms with E-state index in [0.717, 1.165) is 29.5 Å². The quantitative estimate of drug-likeness (QED) is 0.281. The third-order valence-corrected chi connectivity index (χ3v) is 7.10. The van der Waals surface area contributed by atoms with Crippen molar-refractivity contribution in [1.29, 1.82) is 0 Å². The molecular formula is C26H33NOS2. The molecule has 1 fully saturated rings. The summed E-state index contributed by atoms with van der Waals surface area (Å²) in [5, 5.41) is 0. The van der Waals surface area contributed by atoms with Crippen molar-refractivity contribution in [3.05, 3.63) is 70.1 Å². The highest BCUT2D eigenvalue weighted by molar-refractivity contribution is 8.26. The predicted molar refractivity (Wildman–Crippen MR) is 135 cm³/mol. The van der Waals surface area contributed by atoms with E-state index in [1.807, 2.05) is 12.1 Å². The monoisotopic (exact) mass is 439 g/mol. The number of hydrogen-bond acceptors (Lipinski definition) is 3. The van der Waals surface area contributed by atoms with Crippen LogP contribution in [0.2, 0.25) is 0 Å². The summed E-state index contributed by atoms with van der Waals surface area (Å²) in [6.07, 6.45) is 9.62. The highest BCUT2D eigenvalue weighted by Gasteiger charge is 2.32. The van der Waals surface area contributed by atoms with Crippen LogP contribution >= 0.6 is 24.0 Å². The van der Waals surface area contributed by atoms with Crippen LogP contribution in [0.1, 0.15) is 62.6 Å². The lowest BCUT2D eigenvalue weighted by Gasteiger charge is -2.26. The Bertz CT molecular complexity index is 842. The van der Waals surface area contributed by atoms with Crippen LogP contribution in [-0.2, 0) is 13.0 Å². The summed E-state index contributed by atoms with van der Waals surface area (Å²) in [6.45, 7) is 5.35. The topological polar surface area (TPSA) is 12.5 Å². The van der Waals surface area contributed by atoms with Gasteiger partial charge in [0.15, 0.2) is 0 Å². The van der Waals surface area contributed by atoms with Crippen molar-refractivity contribution < 1.29 is 4.74 Å². The fourth-order valence-corrected chi connectivity index (χ4v) is 5.40. The maximum absolute atomic E-state index is 5.78. The zero-order chi connectivity index (χ0) is 21.3. The van der Waals surface area contributed by atoms with Gasteiger partial charge in [0.2, 0.25) is 0 Å². The van der Waals surface area contributed by atoms with Crippen molar-refractivity contribution in [2.45, 2.75) is 65.0 Å². The number of thioether (sulfide) groups is 1. The van der Waals surface area contributed by atoms with Crippen molar-refractivity contribution in [1.82, 2.24) is 4.90 Å². The molecule has 1 aliphatic heterocycles. The molecule has 0 N–H and O–H groups in total. The van der Waals surface area contributed by atoms with Crippen LogP contribution in [0.4, 0.5) is 0 Å². The lowest BCUT2D eigenvalue weighted by atomic mass is 10.0. The normalized spacial score (nSPS) is 17.7. The second-order valence-corrected chi connectivity index (χ2v) is 9.60. The van der Waals surface area contributed by atoms with Gasteiger partial charge in [0.05, 0.1) is 13.2 Å². The number of unbranched alkanes of at least 4 members (excludes halogenated alkanes) is 2. The minimum atomic E-state index is 0.360. The number of methoxy groups -OCH3 is 1. The van der Waals surface area contributed by atoms with E-state index in [0.29, 0.717) is 6.04 Å². The van der Waals surface area contributed by atoms with E-state index >= 15 is 0 Å². The van der Waals surface area contributed by atoms with Gasteiger partial charge in [0.25, 0.3) is 0 Å². The van der Waals surface area contributed by atoms with E-state index in [1.165, 1.54) is 47.3 Å². The molecule has 30 heavy (non-hydrogen) atoms. The zero-order valence-corrected chi connectivity index (χ0v) is 20.0. The van der Waals surface area contributed by atoms with Gasteiger partial charge in [-0.15, -0.1) is 0 Å². The molecule has 3 rings (SSSR count). The second-order valence-electron chi connectivity index (χ2n) is 7.89. The average molecular weight is 440 g/mol. The highest BCUT2D eigenvalue weighted by atomic mass is 32.2. The smallest absolute Gasteiger partial charge is 0.141 e. The minimum Gasteiger partial charge on any atom is -0.497 e. The van der Waals surface area contributed by atoms with Crippen LogP contribution in [-0.4, -0.2) is 22.4 Å². The van der Waals surface area contributed by atoms with Crippen molar-refractivity contribution in [3.8, 4) is 5.75 Å². The van der Waals surface area contributed by atoms with Crippen LogP contribution in [0, 0.1) is 0 Å². The molecule has 1 aliphatic rings. The molecule has 0 aromatic heterocycles. The molecule has 0 bridgehead atoms. The summed E-state index contributed by atoms with van der Waals surface area (Å²) >= 11 is 7.53. The molecule has 2 aromatic carbocycles. The van der Waals surface area contributed by atoms with Gasteiger partial charge in [-0.1, -0.05) is 93.5 Å². The summed E-state index contributed by atoms with van der Waals surface area (Å²) in [5.41, 5.74) is 3.97. The Morgan fingerprint density at radius 2 is 1.67 bits per heavy atom. The van der Waals surface area contributed by atoms with E-state index in [9.17, 15) is 0 Å². The zero-order valence-electron chi connectivity index (χ0n) is 18.4. The fraction of sp³-hybridized carbons (Fsp3) is 0.423. The van der Waals surface area contributed by atoms with Gasteiger partial charge in [-0.3, -0.25) is 0 Å². The second kappa shape index (κ2) is 11.6. The Morgan fingerprint density at radius 1 is 0.967 bits per heavy atom. The largest absolute Gasteiger partial charge is 0.497 e. The summed E-state index contributed by atoms with van der Waals surface area (Å²) in [4.78, 5) is 3.75. The van der Waals surface area contributed by atoms with Gasteiger partial charge in [-0.05, 0) is 54.2 Å². The van der Waals surface area contributed by atoms with Gasteiger partial charge < -0.3 is 9.64 Å². The first-order chi connectivity index (χ1) is 14.6. The van der Waals surface area contributed by atoms with Crippen LogP contribution < -0.4 is 4.74 Å². The molecule has 2 nitrogen and oxygen atoms in total. The summed E-state index contributed by atoms with van der Waals surface area (Å²) in [7, 11) is 1.70. The Hall–Kier alpha value is -1.78. The fourth-order valence-electron chi connectivity index (χ4n) is 3.83. The number of thiocarbonyl (C=S) groups is 1. The maximum Gasteiger partial charge on any atom is 0.141 e. The molecule has 160 valence electrons. The van der Waals surface area contributed by atoms with Crippen molar-refractivity contribution >= 4 is 34.4 Å². The first kappa shape index (κ1) is 22.9. The molecule has 1 heterocycles. The van der Waals surface area contributed by atoms with Crippen LogP contribution in [0.25, 0.3) is 6.08 Å². The summed E-state index contributed by atoms with van der Waals surface area (Å²) < 4.78 is 6.26. The highest BCUT2D eigenvalue weighted by Crippen LogP contribution is 2.40. The Balaban J connectivity index is 1.73. The number of aryl methyl sites for hydroxylation is 1. The van der Waals surface area contributed by atoms with Crippen LogP contribution in [0.15, 0.2) is 53.4 Å². The predicted octanol–water partition coefficient (Wildman–Crippen LogP) is 7.47. The van der Waals surface area contributed by atoms with E-state index < -0.39 is 0 Å². The SMILES string of the molecule is CCCCCc1ccc(/C=C2\SC(=S)N(Cc3ccc(OC)cc3)C2CCC)cc1. The van der Waals surface area contributed by atoms with E-state index in [4.69, 9.17) is 17.0 Å². The molecule has 0 aliphatic carbocycles. The standard InChI is InChI=1S/C26H33NOS2/c1-4-6-7-9-20-10-12-21(13-11-20)18-25-24(8-5-2)27(26(29)30-25)19-22-14-16-23(28-3)17-15-22/h10-18,24H,4-9,19H2,1-3H3/b25-18-. The molecule has 1 atom stereocenters. The van der Waals surface area contributed by atoms with Crippen molar-refractivity contribution in [2.24, 2.45) is 0 Å². The van der Waals surface area contributed by atoms with Gasteiger partial charge in [-0.2, -0.15) is 0 Å². The first-order valence-electron chi connectivity index (χ1n) is 11.1. The van der Waals surface area contributed by atoms with E-state index in [1.54, 1.807) is 18.9 Å². The molecule has 0 spiro atoms. The Labute approximate surface area is 191 Å². The lowest BCUT2D eigenvalue weighted by molar-refractivity contribution is 0.348. The molecular weight excluding hydrogens is 406 g/mol. The number of rotatable bonds is 10. The maximum atomic E-state index is 5.78. The molecule has 0 radical (unpaired) electrons. The molecule has 0 amide bonds.